The van der Waals surface area contributed by atoms with Gasteiger partial charge in [-0.2, -0.15) is 0 Å². The average Bonchev–Trinajstić information content (AvgIpc) is 2.89. The number of hydrogen-bond donors (Lipinski definition) is 1. The zero-order valence-electron chi connectivity index (χ0n) is 10.9. The van der Waals surface area contributed by atoms with Crippen LogP contribution in [0.4, 0.5) is 10.1 Å². The summed E-state index contributed by atoms with van der Waals surface area (Å²) in [5.74, 6) is -1.91. The highest BCUT2D eigenvalue weighted by Gasteiger charge is 2.26. The first-order valence-electron chi connectivity index (χ1n) is 6.35. The molecule has 0 saturated heterocycles. The van der Waals surface area contributed by atoms with Crippen LogP contribution in [0.5, 0.6) is 0 Å². The second kappa shape index (κ2) is 4.97. The lowest BCUT2D eigenvalue weighted by atomic mass is 10.1. The molecule has 0 radical (unpaired) electrons. The van der Waals surface area contributed by atoms with Gasteiger partial charge < -0.3 is 10.0 Å². The molecule has 6 heteroatoms. The predicted octanol–water partition coefficient (Wildman–Crippen LogP) is 2.12. The molecular weight excluding hydrogens is 275 g/mol. The molecule has 1 aromatic heterocycles. The Morgan fingerprint density at radius 2 is 2.00 bits per heavy atom. The molecule has 2 aromatic rings. The first-order valence-corrected chi connectivity index (χ1v) is 6.35. The lowest BCUT2D eigenvalue weighted by Crippen LogP contribution is -2.29. The minimum atomic E-state index is -1.00. The molecule has 1 amide bonds. The number of hydrogen-bond acceptors (Lipinski definition) is 3. The van der Waals surface area contributed by atoms with Crippen LogP contribution in [0.3, 0.4) is 0 Å². The maximum Gasteiger partial charge on any atom is 0.335 e. The van der Waals surface area contributed by atoms with Gasteiger partial charge in [0.2, 0.25) is 0 Å². The summed E-state index contributed by atoms with van der Waals surface area (Å²) in [6.07, 6.45) is 2.92. The predicted molar refractivity (Wildman–Crippen MR) is 73.0 cm³/mol. The highest BCUT2D eigenvalue weighted by Crippen LogP contribution is 2.30. The van der Waals surface area contributed by atoms with Gasteiger partial charge in [0.15, 0.2) is 0 Å². The second-order valence-corrected chi connectivity index (χ2v) is 4.75. The Morgan fingerprint density at radius 3 is 2.71 bits per heavy atom. The largest absolute Gasteiger partial charge is 0.478 e. The van der Waals surface area contributed by atoms with Crippen molar-refractivity contribution in [3.8, 4) is 0 Å². The lowest BCUT2D eigenvalue weighted by molar-refractivity contribution is 0.0696. The number of aromatic nitrogens is 1. The van der Waals surface area contributed by atoms with Crippen LogP contribution in [-0.4, -0.2) is 28.5 Å². The van der Waals surface area contributed by atoms with E-state index in [1.54, 1.807) is 12.1 Å². The smallest absolute Gasteiger partial charge is 0.335 e. The van der Waals surface area contributed by atoms with Gasteiger partial charge >= 0.3 is 5.97 Å². The molecular formula is C15H11FN2O3. The Labute approximate surface area is 119 Å². The maximum atomic E-state index is 13.2. The third-order valence-corrected chi connectivity index (χ3v) is 3.42. The van der Waals surface area contributed by atoms with Gasteiger partial charge in [-0.15, -0.1) is 0 Å². The van der Waals surface area contributed by atoms with Crippen LogP contribution < -0.4 is 4.90 Å². The number of halogens is 1. The molecule has 1 N–H and O–H groups in total. The minimum Gasteiger partial charge on any atom is -0.478 e. The highest BCUT2D eigenvalue weighted by atomic mass is 19.1. The number of rotatable bonds is 2. The zero-order valence-corrected chi connectivity index (χ0v) is 10.9. The second-order valence-electron chi connectivity index (χ2n) is 4.75. The quantitative estimate of drug-likeness (QED) is 0.918. The molecule has 0 unspecified atom stereocenters. The number of amides is 1. The molecule has 0 fully saturated rings. The van der Waals surface area contributed by atoms with E-state index in [-0.39, 0.29) is 17.0 Å². The Kier molecular flexibility index (Phi) is 3.13. The molecule has 21 heavy (non-hydrogen) atoms. The summed E-state index contributed by atoms with van der Waals surface area (Å²) < 4.78 is 13.2. The summed E-state index contributed by atoms with van der Waals surface area (Å²) in [5, 5.41) is 8.97. The Balaban J connectivity index is 1.94. The molecule has 1 aliphatic rings. The van der Waals surface area contributed by atoms with Crippen LogP contribution in [0.15, 0.2) is 36.7 Å². The molecule has 0 aliphatic carbocycles. The van der Waals surface area contributed by atoms with E-state index in [1.165, 1.54) is 17.2 Å². The molecule has 3 rings (SSSR count). The van der Waals surface area contributed by atoms with Gasteiger partial charge in [-0.3, -0.25) is 9.78 Å². The topological polar surface area (TPSA) is 70.5 Å². The van der Waals surface area contributed by atoms with E-state index in [1.807, 2.05) is 0 Å². The SMILES string of the molecule is O=C(O)c1ccc2c(c1)CCN2C(=O)c1cncc(F)c1. The molecule has 0 spiro atoms. The first kappa shape index (κ1) is 13.2. The maximum absolute atomic E-state index is 13.2. The van der Waals surface area contributed by atoms with Crippen LogP contribution in [0.25, 0.3) is 0 Å². The number of pyridine rings is 1. The van der Waals surface area contributed by atoms with Crippen molar-refractivity contribution in [2.75, 3.05) is 11.4 Å². The van der Waals surface area contributed by atoms with Gasteiger partial charge in [0, 0.05) is 18.4 Å². The number of carboxylic acids is 1. The monoisotopic (exact) mass is 286 g/mol. The normalized spacial score (nSPS) is 13.1. The van der Waals surface area contributed by atoms with E-state index in [9.17, 15) is 14.0 Å². The molecule has 0 atom stereocenters. The molecule has 0 saturated carbocycles. The number of benzene rings is 1. The van der Waals surface area contributed by atoms with E-state index in [0.717, 1.165) is 17.8 Å². The third-order valence-electron chi connectivity index (χ3n) is 3.42. The number of carbonyl (C=O) groups excluding carboxylic acids is 1. The van der Waals surface area contributed by atoms with E-state index >= 15 is 0 Å². The Hall–Kier alpha value is -2.76. The van der Waals surface area contributed by atoms with Gasteiger partial charge in [-0.25, -0.2) is 9.18 Å². The molecule has 1 aliphatic heterocycles. The number of carboxylic acid groups (broad SMARTS) is 1. The van der Waals surface area contributed by atoms with Crippen molar-refractivity contribution in [3.63, 3.8) is 0 Å². The fourth-order valence-corrected chi connectivity index (χ4v) is 2.43. The van der Waals surface area contributed by atoms with E-state index in [4.69, 9.17) is 5.11 Å². The van der Waals surface area contributed by atoms with Gasteiger partial charge in [0.05, 0.1) is 17.3 Å². The van der Waals surface area contributed by atoms with Crippen LogP contribution in [0.2, 0.25) is 0 Å². The van der Waals surface area contributed by atoms with Gasteiger partial charge in [-0.05, 0) is 36.2 Å². The van der Waals surface area contributed by atoms with Gasteiger partial charge in [0.1, 0.15) is 5.82 Å². The zero-order chi connectivity index (χ0) is 15.0. The van der Waals surface area contributed by atoms with Crippen molar-refractivity contribution in [2.45, 2.75) is 6.42 Å². The molecule has 2 heterocycles. The van der Waals surface area contributed by atoms with Crippen LogP contribution in [-0.2, 0) is 6.42 Å². The standard InChI is InChI=1S/C15H11FN2O3/c16-12-6-11(7-17-8-12)14(19)18-4-3-9-5-10(15(20)21)1-2-13(9)18/h1-2,5-8H,3-4H2,(H,20,21). The first-order chi connectivity index (χ1) is 10.1. The Morgan fingerprint density at radius 1 is 1.19 bits per heavy atom. The van der Waals surface area contributed by atoms with Gasteiger partial charge in [-0.1, -0.05) is 0 Å². The van der Waals surface area contributed by atoms with Crippen LogP contribution >= 0.6 is 0 Å². The van der Waals surface area contributed by atoms with E-state index in [0.29, 0.717) is 18.7 Å². The Bertz CT molecular complexity index is 745. The molecule has 1 aromatic carbocycles. The van der Waals surface area contributed by atoms with Crippen molar-refractivity contribution >= 4 is 17.6 Å². The van der Waals surface area contributed by atoms with E-state index < -0.39 is 11.8 Å². The summed E-state index contributed by atoms with van der Waals surface area (Å²) in [6, 6.07) is 5.76. The fourth-order valence-electron chi connectivity index (χ4n) is 2.43. The highest BCUT2D eigenvalue weighted by molar-refractivity contribution is 6.07. The fraction of sp³-hybridized carbons (Fsp3) is 0.133. The summed E-state index contributed by atoms with van der Waals surface area (Å²) >= 11 is 0. The number of aromatic carboxylic acids is 1. The average molecular weight is 286 g/mol. The van der Waals surface area contributed by atoms with Crippen molar-refractivity contribution in [2.24, 2.45) is 0 Å². The van der Waals surface area contributed by atoms with Crippen molar-refractivity contribution in [1.29, 1.82) is 0 Å². The van der Waals surface area contributed by atoms with Crippen molar-refractivity contribution < 1.29 is 19.1 Å². The summed E-state index contributed by atoms with van der Waals surface area (Å²) in [4.78, 5) is 28.5. The van der Waals surface area contributed by atoms with Crippen molar-refractivity contribution in [3.05, 3.63) is 59.2 Å². The molecule has 106 valence electrons. The molecule has 0 bridgehead atoms. The third kappa shape index (κ3) is 2.35. The molecule has 5 nitrogen and oxygen atoms in total. The van der Waals surface area contributed by atoms with Crippen LogP contribution in [0, 0.1) is 5.82 Å². The summed E-state index contributed by atoms with van der Waals surface area (Å²) in [7, 11) is 0. The van der Waals surface area contributed by atoms with Gasteiger partial charge in [0.25, 0.3) is 5.91 Å². The van der Waals surface area contributed by atoms with E-state index in [2.05, 4.69) is 4.98 Å². The lowest BCUT2D eigenvalue weighted by Gasteiger charge is -2.17. The number of anilines is 1. The summed E-state index contributed by atoms with van der Waals surface area (Å²) in [6.45, 7) is 0.438. The van der Waals surface area contributed by atoms with Crippen LogP contribution in [0.1, 0.15) is 26.3 Å². The number of fused-ring (bicyclic) bond motifs is 1. The van der Waals surface area contributed by atoms with Crippen molar-refractivity contribution in [1.82, 2.24) is 4.98 Å². The number of nitrogens with zero attached hydrogens (tertiary/aromatic N) is 2. The summed E-state index contributed by atoms with van der Waals surface area (Å²) in [5.41, 5.74) is 1.82. The number of carbonyl (C=O) groups is 2. The minimum absolute atomic E-state index is 0.171.